The average molecular weight is 801 g/mol. The second-order valence-electron chi connectivity index (χ2n) is 11.8. The quantitative estimate of drug-likeness (QED) is 0.0318. The van der Waals surface area contributed by atoms with Crippen molar-refractivity contribution in [1.82, 2.24) is 0 Å². The predicted octanol–water partition coefficient (Wildman–Crippen LogP) is 6.03. The Bertz CT molecular complexity index is 1900. The van der Waals surface area contributed by atoms with E-state index in [1.54, 1.807) is 48.5 Å². The van der Waals surface area contributed by atoms with Crippen LogP contribution in [0, 0.1) is 11.8 Å². The van der Waals surface area contributed by atoms with Crippen LogP contribution in [0.4, 0.5) is 0 Å². The summed E-state index contributed by atoms with van der Waals surface area (Å²) in [5.41, 5.74) is 0.461. The summed E-state index contributed by atoms with van der Waals surface area (Å²) in [5.74, 6) is -3.21. The summed E-state index contributed by atoms with van der Waals surface area (Å²) in [6, 6.07) is 24.7. The SMILES string of the molecule is O=CC(=O)OCOc1ccc(C(=O)Oc2ccc(SC(=O)[C@H]3CCCC[C@@H]3C(=O)Sc3ccc(OC(=O)c4ccc(OCOC(=O)C=O)cc4)cc3)cc2)cc1. The van der Waals surface area contributed by atoms with Crippen LogP contribution >= 0.6 is 23.5 Å². The average Bonchev–Trinajstić information content (AvgIpc) is 3.22. The van der Waals surface area contributed by atoms with Gasteiger partial charge in [0.05, 0.1) is 11.1 Å². The van der Waals surface area contributed by atoms with Crippen molar-refractivity contribution in [3.8, 4) is 23.0 Å². The lowest BCUT2D eigenvalue weighted by Gasteiger charge is -2.28. The van der Waals surface area contributed by atoms with Gasteiger partial charge in [0.1, 0.15) is 23.0 Å². The van der Waals surface area contributed by atoms with Crippen LogP contribution < -0.4 is 18.9 Å². The van der Waals surface area contributed by atoms with Crippen LogP contribution in [0.5, 0.6) is 23.0 Å². The van der Waals surface area contributed by atoms with Gasteiger partial charge in [-0.25, -0.2) is 19.2 Å². The Hall–Kier alpha value is -6.26. The van der Waals surface area contributed by atoms with Crippen LogP contribution in [-0.2, 0) is 38.2 Å². The van der Waals surface area contributed by atoms with E-state index in [1.807, 2.05) is 0 Å². The number of carbonyl (C=O) groups excluding carboxylic acids is 8. The van der Waals surface area contributed by atoms with E-state index in [0.29, 0.717) is 34.1 Å². The first-order valence-corrected chi connectivity index (χ1v) is 18.5. The molecule has 0 amide bonds. The monoisotopic (exact) mass is 800 g/mol. The highest BCUT2D eigenvalue weighted by Gasteiger charge is 2.36. The van der Waals surface area contributed by atoms with Gasteiger partial charge in [-0.15, -0.1) is 0 Å². The summed E-state index contributed by atoms with van der Waals surface area (Å²) >= 11 is 2.07. The fourth-order valence-corrected chi connectivity index (χ4v) is 7.19. The van der Waals surface area contributed by atoms with Gasteiger partial charge in [0.15, 0.2) is 10.2 Å². The molecule has 14 nitrogen and oxygen atoms in total. The van der Waals surface area contributed by atoms with Crippen LogP contribution in [0.2, 0.25) is 0 Å². The number of benzene rings is 4. The molecule has 0 saturated heterocycles. The van der Waals surface area contributed by atoms with Crippen molar-refractivity contribution < 1.29 is 66.8 Å². The molecule has 56 heavy (non-hydrogen) atoms. The molecule has 1 aliphatic rings. The molecule has 0 radical (unpaired) electrons. The van der Waals surface area contributed by atoms with Crippen molar-refractivity contribution in [2.24, 2.45) is 11.8 Å². The predicted molar refractivity (Wildman–Crippen MR) is 198 cm³/mol. The lowest BCUT2D eigenvalue weighted by molar-refractivity contribution is -0.154. The molecule has 1 fully saturated rings. The minimum absolute atomic E-state index is 0.0186. The molecule has 16 heteroatoms. The number of aldehydes is 2. The van der Waals surface area contributed by atoms with Crippen molar-refractivity contribution >= 4 is 70.2 Å². The zero-order valence-electron chi connectivity index (χ0n) is 29.3. The van der Waals surface area contributed by atoms with E-state index in [1.165, 1.54) is 48.5 Å². The standard InChI is InChI=1S/C40H32O14S2/c41-21-35(43)51-23-49-27-9-5-25(6-10-27)37(45)53-29-13-17-31(18-14-29)55-39(47)33-3-1-2-4-34(33)40(48)56-32-19-15-30(16-20-32)54-38(46)26-7-11-28(12-8-26)50-24-52-36(44)22-42/h5-22,33-34H,1-4,23-24H2/t33-,34-/m0/s1. The van der Waals surface area contributed by atoms with E-state index < -0.39 is 49.3 Å². The van der Waals surface area contributed by atoms with Gasteiger partial charge in [0.25, 0.3) is 0 Å². The minimum atomic E-state index is -1.06. The number of esters is 4. The Labute approximate surface area is 328 Å². The van der Waals surface area contributed by atoms with Crippen LogP contribution in [0.1, 0.15) is 46.4 Å². The summed E-state index contributed by atoms with van der Waals surface area (Å²) in [4.78, 5) is 95.8. The molecule has 0 aromatic heterocycles. The summed E-state index contributed by atoms with van der Waals surface area (Å²) < 4.78 is 30.2. The molecule has 0 heterocycles. The van der Waals surface area contributed by atoms with Crippen LogP contribution in [0.15, 0.2) is 107 Å². The normalized spacial score (nSPS) is 14.6. The summed E-state index contributed by atoms with van der Waals surface area (Å²) in [5, 5.41) is -0.250. The number of thioether (sulfide) groups is 2. The molecule has 0 N–H and O–H groups in total. The number of ether oxygens (including phenoxy) is 6. The van der Waals surface area contributed by atoms with E-state index in [9.17, 15) is 38.4 Å². The maximum absolute atomic E-state index is 13.5. The summed E-state index contributed by atoms with van der Waals surface area (Å²) in [6.07, 6.45) is 2.86. The second kappa shape index (κ2) is 20.4. The lowest BCUT2D eigenvalue weighted by Crippen LogP contribution is -2.30. The lowest BCUT2D eigenvalue weighted by atomic mass is 9.81. The van der Waals surface area contributed by atoms with E-state index in [0.717, 1.165) is 36.4 Å². The van der Waals surface area contributed by atoms with Gasteiger partial charge in [-0.2, -0.15) is 0 Å². The Morgan fingerprint density at radius 1 is 0.500 bits per heavy atom. The van der Waals surface area contributed by atoms with E-state index >= 15 is 0 Å². The highest BCUT2D eigenvalue weighted by molar-refractivity contribution is 8.14. The summed E-state index contributed by atoms with van der Waals surface area (Å²) in [6.45, 7) is -0.925. The maximum Gasteiger partial charge on any atom is 0.374 e. The van der Waals surface area contributed by atoms with Gasteiger partial charge in [-0.3, -0.25) is 19.2 Å². The number of hydrogen-bond acceptors (Lipinski definition) is 16. The first-order valence-electron chi connectivity index (χ1n) is 16.9. The Morgan fingerprint density at radius 3 is 1.18 bits per heavy atom. The number of rotatable bonds is 16. The highest BCUT2D eigenvalue weighted by atomic mass is 32.2. The Kier molecular flexibility index (Phi) is 14.9. The molecule has 2 atom stereocenters. The van der Waals surface area contributed by atoms with E-state index in [2.05, 4.69) is 9.47 Å². The van der Waals surface area contributed by atoms with Crippen molar-refractivity contribution in [2.75, 3.05) is 13.6 Å². The molecule has 0 aliphatic heterocycles. The fourth-order valence-electron chi connectivity index (χ4n) is 5.32. The largest absolute Gasteiger partial charge is 0.457 e. The third kappa shape index (κ3) is 12.1. The third-order valence-electron chi connectivity index (χ3n) is 8.10. The van der Waals surface area contributed by atoms with Gasteiger partial charge < -0.3 is 28.4 Å². The molecule has 1 saturated carbocycles. The molecular weight excluding hydrogens is 769 g/mol. The van der Waals surface area contributed by atoms with Gasteiger partial charge in [0, 0.05) is 21.6 Å². The van der Waals surface area contributed by atoms with Crippen LogP contribution in [0.3, 0.4) is 0 Å². The topological polar surface area (TPSA) is 192 Å². The molecule has 0 spiro atoms. The smallest absolute Gasteiger partial charge is 0.374 e. The van der Waals surface area contributed by atoms with Crippen molar-refractivity contribution in [3.05, 3.63) is 108 Å². The first kappa shape index (κ1) is 40.9. The van der Waals surface area contributed by atoms with Gasteiger partial charge >= 0.3 is 23.9 Å². The zero-order chi connectivity index (χ0) is 39.9. The molecule has 5 rings (SSSR count). The third-order valence-corrected chi connectivity index (χ3v) is 10.1. The van der Waals surface area contributed by atoms with E-state index in [-0.39, 0.29) is 45.4 Å². The molecule has 4 aromatic rings. The molecule has 4 aromatic carbocycles. The minimum Gasteiger partial charge on any atom is -0.457 e. The highest BCUT2D eigenvalue weighted by Crippen LogP contribution is 2.40. The molecule has 288 valence electrons. The Balaban J connectivity index is 1.08. The molecule has 0 unspecified atom stereocenters. The van der Waals surface area contributed by atoms with Gasteiger partial charge in [-0.1, -0.05) is 36.4 Å². The molecular formula is C40H32O14S2. The number of carbonyl (C=O) groups is 8. The van der Waals surface area contributed by atoms with Crippen LogP contribution in [-0.4, -0.2) is 60.3 Å². The summed E-state index contributed by atoms with van der Waals surface area (Å²) in [7, 11) is 0. The van der Waals surface area contributed by atoms with Crippen molar-refractivity contribution in [3.63, 3.8) is 0 Å². The Morgan fingerprint density at radius 2 is 0.839 bits per heavy atom. The van der Waals surface area contributed by atoms with Crippen LogP contribution in [0.25, 0.3) is 0 Å². The van der Waals surface area contributed by atoms with Gasteiger partial charge in [0.2, 0.25) is 26.2 Å². The maximum atomic E-state index is 13.5. The number of hydrogen-bond donors (Lipinski definition) is 0. The van der Waals surface area contributed by atoms with Crippen molar-refractivity contribution in [1.29, 1.82) is 0 Å². The fraction of sp³-hybridized carbons (Fsp3) is 0.200. The first-order chi connectivity index (χ1) is 27.1. The van der Waals surface area contributed by atoms with E-state index in [4.69, 9.17) is 18.9 Å². The van der Waals surface area contributed by atoms with Crippen molar-refractivity contribution in [2.45, 2.75) is 35.5 Å². The zero-order valence-corrected chi connectivity index (χ0v) is 31.0. The van der Waals surface area contributed by atoms with Gasteiger partial charge in [-0.05, 0) is 110 Å². The second-order valence-corrected chi connectivity index (χ2v) is 14.0. The molecule has 1 aliphatic carbocycles. The molecule has 0 bridgehead atoms.